The quantitative estimate of drug-likeness (QED) is 0.856. The van der Waals surface area contributed by atoms with Crippen molar-refractivity contribution in [2.24, 2.45) is 0 Å². The van der Waals surface area contributed by atoms with E-state index in [2.05, 4.69) is 0 Å². The average molecular weight is 312 g/mol. The molecule has 0 saturated carbocycles. The summed E-state index contributed by atoms with van der Waals surface area (Å²) in [5, 5.41) is 0. The van der Waals surface area contributed by atoms with E-state index in [4.69, 9.17) is 0 Å². The van der Waals surface area contributed by atoms with E-state index >= 15 is 0 Å². The summed E-state index contributed by atoms with van der Waals surface area (Å²) in [4.78, 5) is -0.939. The molecule has 0 heterocycles. The van der Waals surface area contributed by atoms with Gasteiger partial charge in [0.25, 0.3) is 0 Å². The van der Waals surface area contributed by atoms with Gasteiger partial charge in [0, 0.05) is 6.08 Å². The molecule has 2 aromatic rings. The molecule has 110 valence electrons. The summed E-state index contributed by atoms with van der Waals surface area (Å²) >= 11 is 0. The van der Waals surface area contributed by atoms with Crippen molar-refractivity contribution in [1.29, 1.82) is 0 Å². The van der Waals surface area contributed by atoms with Crippen LogP contribution in [0, 0.1) is 0 Å². The Morgan fingerprint density at radius 2 is 1.33 bits per heavy atom. The summed E-state index contributed by atoms with van der Waals surface area (Å²) in [7, 11) is -4.25. The summed E-state index contributed by atoms with van der Waals surface area (Å²) in [5.41, 5.74) is -0.00122. The molecule has 2 nitrogen and oxygen atoms in total. The standard InChI is InChI=1S/C15H11F3O2S/c16-15(17,18)11-14(12-7-3-1-4-8-12)21(19,20)13-9-5-2-6-10-13/h1-11H/b14-11+. The third-order valence-electron chi connectivity index (χ3n) is 2.70. The van der Waals surface area contributed by atoms with Gasteiger partial charge in [0.05, 0.1) is 9.80 Å². The lowest BCUT2D eigenvalue weighted by Crippen LogP contribution is -2.10. The number of allylic oxidation sites excluding steroid dienone is 1. The smallest absolute Gasteiger partial charge is 0.218 e. The van der Waals surface area contributed by atoms with E-state index in [1.807, 2.05) is 0 Å². The van der Waals surface area contributed by atoms with Crippen molar-refractivity contribution >= 4 is 14.7 Å². The van der Waals surface area contributed by atoms with Crippen LogP contribution in [-0.2, 0) is 9.84 Å². The van der Waals surface area contributed by atoms with Crippen LogP contribution in [0.1, 0.15) is 5.56 Å². The van der Waals surface area contributed by atoms with Crippen LogP contribution in [0.4, 0.5) is 13.2 Å². The molecule has 0 atom stereocenters. The van der Waals surface area contributed by atoms with Crippen molar-refractivity contribution in [3.8, 4) is 0 Å². The van der Waals surface area contributed by atoms with Gasteiger partial charge < -0.3 is 0 Å². The highest BCUT2D eigenvalue weighted by Crippen LogP contribution is 2.32. The molecule has 0 fully saturated rings. The molecule has 0 amide bonds. The van der Waals surface area contributed by atoms with Crippen molar-refractivity contribution in [2.75, 3.05) is 0 Å². The average Bonchev–Trinajstić information content (AvgIpc) is 2.46. The molecule has 21 heavy (non-hydrogen) atoms. The molecule has 0 aliphatic carbocycles. The Hall–Kier alpha value is -2.08. The SMILES string of the molecule is O=S(=O)(/C(=C/C(F)(F)F)c1ccccc1)c1ccccc1. The van der Waals surface area contributed by atoms with Crippen LogP contribution in [0.2, 0.25) is 0 Å². The predicted octanol–water partition coefficient (Wildman–Crippen LogP) is 4.06. The number of halogens is 3. The van der Waals surface area contributed by atoms with Crippen LogP contribution in [0.3, 0.4) is 0 Å². The number of rotatable bonds is 3. The Kier molecular flexibility index (Phi) is 4.18. The van der Waals surface area contributed by atoms with E-state index in [0.717, 1.165) is 0 Å². The fourth-order valence-electron chi connectivity index (χ4n) is 1.79. The molecule has 0 radical (unpaired) electrons. The zero-order valence-corrected chi connectivity index (χ0v) is 11.5. The molecule has 0 N–H and O–H groups in total. The lowest BCUT2D eigenvalue weighted by atomic mass is 10.2. The van der Waals surface area contributed by atoms with E-state index in [1.54, 1.807) is 12.1 Å². The number of hydrogen-bond acceptors (Lipinski definition) is 2. The molecule has 0 aliphatic heterocycles. The Bertz CT molecular complexity index is 733. The second kappa shape index (κ2) is 5.73. The fraction of sp³-hybridized carbons (Fsp3) is 0.0667. The van der Waals surface area contributed by atoms with Crippen molar-refractivity contribution in [3.63, 3.8) is 0 Å². The van der Waals surface area contributed by atoms with Gasteiger partial charge in [-0.15, -0.1) is 0 Å². The van der Waals surface area contributed by atoms with Crippen molar-refractivity contribution in [1.82, 2.24) is 0 Å². The van der Waals surface area contributed by atoms with Gasteiger partial charge in [-0.25, -0.2) is 8.42 Å². The number of sulfone groups is 1. The summed E-state index contributed by atoms with van der Waals surface area (Å²) < 4.78 is 63.0. The maximum absolute atomic E-state index is 12.7. The second-order valence-corrected chi connectivity index (χ2v) is 6.15. The van der Waals surface area contributed by atoms with Gasteiger partial charge >= 0.3 is 6.18 Å². The highest BCUT2D eigenvalue weighted by molar-refractivity contribution is 8.00. The number of benzene rings is 2. The van der Waals surface area contributed by atoms with E-state index in [0.29, 0.717) is 0 Å². The van der Waals surface area contributed by atoms with Gasteiger partial charge in [-0.3, -0.25) is 0 Å². The fourth-order valence-corrected chi connectivity index (χ4v) is 3.30. The van der Waals surface area contributed by atoms with Crippen LogP contribution in [0.25, 0.3) is 4.91 Å². The van der Waals surface area contributed by atoms with Gasteiger partial charge in [0.15, 0.2) is 0 Å². The van der Waals surface area contributed by atoms with Crippen LogP contribution >= 0.6 is 0 Å². The molecule has 6 heteroatoms. The van der Waals surface area contributed by atoms with E-state index < -0.39 is 20.9 Å². The van der Waals surface area contributed by atoms with Crippen LogP contribution < -0.4 is 0 Å². The first kappa shape index (κ1) is 15.3. The molecule has 2 aromatic carbocycles. The highest BCUT2D eigenvalue weighted by atomic mass is 32.2. The summed E-state index contributed by atoms with van der Waals surface area (Å²) in [6.07, 6.45) is -4.91. The predicted molar refractivity (Wildman–Crippen MR) is 74.1 cm³/mol. The van der Waals surface area contributed by atoms with Gasteiger partial charge in [0.2, 0.25) is 9.84 Å². The van der Waals surface area contributed by atoms with Gasteiger partial charge in [-0.05, 0) is 17.7 Å². The van der Waals surface area contributed by atoms with Crippen molar-refractivity contribution in [2.45, 2.75) is 11.1 Å². The minimum Gasteiger partial charge on any atom is -0.218 e. The minimum absolute atomic E-state index is 0.00122. The van der Waals surface area contributed by atoms with E-state index in [-0.39, 0.29) is 16.5 Å². The van der Waals surface area contributed by atoms with Crippen LogP contribution in [-0.4, -0.2) is 14.6 Å². The lowest BCUT2D eigenvalue weighted by Gasteiger charge is -2.11. The Balaban J connectivity index is 2.65. The first-order valence-electron chi connectivity index (χ1n) is 5.96. The third-order valence-corrected chi connectivity index (χ3v) is 4.52. The normalized spacial score (nSPS) is 13.2. The third kappa shape index (κ3) is 3.72. The minimum atomic E-state index is -4.73. The maximum Gasteiger partial charge on any atom is 0.411 e. The molecule has 0 unspecified atom stereocenters. The molecule has 2 rings (SSSR count). The van der Waals surface area contributed by atoms with Gasteiger partial charge in [-0.1, -0.05) is 48.5 Å². The molecule has 0 aliphatic rings. The second-order valence-electron chi connectivity index (χ2n) is 4.23. The molecule has 0 saturated heterocycles. The van der Waals surface area contributed by atoms with Crippen LogP contribution in [0.5, 0.6) is 0 Å². The highest BCUT2D eigenvalue weighted by Gasteiger charge is 2.31. The largest absolute Gasteiger partial charge is 0.411 e. The van der Waals surface area contributed by atoms with Crippen molar-refractivity contribution < 1.29 is 21.6 Å². The summed E-state index contributed by atoms with van der Waals surface area (Å²) in [6, 6.07) is 14.3. The zero-order valence-electron chi connectivity index (χ0n) is 10.7. The van der Waals surface area contributed by atoms with E-state index in [1.165, 1.54) is 48.5 Å². The molecule has 0 bridgehead atoms. The number of alkyl halides is 3. The summed E-state index contributed by atoms with van der Waals surface area (Å²) in [6.45, 7) is 0. The lowest BCUT2D eigenvalue weighted by molar-refractivity contribution is -0.0792. The Labute approximate surface area is 120 Å². The topological polar surface area (TPSA) is 34.1 Å². The van der Waals surface area contributed by atoms with E-state index in [9.17, 15) is 21.6 Å². The molecule has 0 aromatic heterocycles. The van der Waals surface area contributed by atoms with Crippen LogP contribution in [0.15, 0.2) is 71.6 Å². The maximum atomic E-state index is 12.7. The number of hydrogen-bond donors (Lipinski definition) is 0. The molecular weight excluding hydrogens is 301 g/mol. The van der Waals surface area contributed by atoms with Crippen molar-refractivity contribution in [3.05, 3.63) is 72.3 Å². The Morgan fingerprint density at radius 1 is 0.857 bits per heavy atom. The van der Waals surface area contributed by atoms with Gasteiger partial charge in [0.1, 0.15) is 0 Å². The van der Waals surface area contributed by atoms with Gasteiger partial charge in [-0.2, -0.15) is 13.2 Å². The summed E-state index contributed by atoms with van der Waals surface area (Å²) in [5.74, 6) is 0. The Morgan fingerprint density at radius 3 is 1.81 bits per heavy atom. The monoisotopic (exact) mass is 312 g/mol. The zero-order chi connectivity index (χ0) is 15.5. The first-order valence-corrected chi connectivity index (χ1v) is 7.44. The molecule has 0 spiro atoms. The first-order chi connectivity index (χ1) is 9.81. The molecular formula is C15H11F3O2S.